The molecule has 2 rings (SSSR count). The van der Waals surface area contributed by atoms with Gasteiger partial charge in [0.2, 0.25) is 0 Å². The molecule has 0 fully saturated rings. The second kappa shape index (κ2) is 6.07. The van der Waals surface area contributed by atoms with Crippen molar-refractivity contribution in [3.63, 3.8) is 0 Å². The van der Waals surface area contributed by atoms with Gasteiger partial charge in [0.05, 0.1) is 6.61 Å². The number of ether oxygens (including phenoxy) is 1. The van der Waals surface area contributed by atoms with Crippen LogP contribution in [0.1, 0.15) is 50.3 Å². The van der Waals surface area contributed by atoms with Crippen LogP contribution in [0.15, 0.2) is 16.6 Å². The highest BCUT2D eigenvalue weighted by molar-refractivity contribution is 9.10. The molecule has 0 aliphatic carbocycles. The molecule has 0 saturated heterocycles. The van der Waals surface area contributed by atoms with Crippen LogP contribution in [0, 0.1) is 5.92 Å². The molecule has 1 aromatic rings. The van der Waals surface area contributed by atoms with E-state index in [2.05, 4.69) is 41.9 Å². The molecule has 3 heteroatoms. The summed E-state index contributed by atoms with van der Waals surface area (Å²) >= 11 is 3.57. The van der Waals surface area contributed by atoms with E-state index in [0.29, 0.717) is 5.92 Å². The Bertz CT molecular complexity index is 419. The van der Waals surface area contributed by atoms with Gasteiger partial charge in [0.15, 0.2) is 0 Å². The van der Waals surface area contributed by atoms with Crippen molar-refractivity contribution in [3.8, 4) is 5.75 Å². The summed E-state index contributed by atoms with van der Waals surface area (Å²) in [6.07, 6.45) is 4.65. The number of hydrogen-bond donors (Lipinski definition) is 1. The summed E-state index contributed by atoms with van der Waals surface area (Å²) in [7, 11) is 0. The van der Waals surface area contributed by atoms with Crippen molar-refractivity contribution in [3.05, 3.63) is 27.7 Å². The molecular formula is C15H22BrNO. The van der Waals surface area contributed by atoms with Crippen molar-refractivity contribution < 1.29 is 4.74 Å². The molecule has 1 heterocycles. The van der Waals surface area contributed by atoms with Gasteiger partial charge in [-0.15, -0.1) is 0 Å². The summed E-state index contributed by atoms with van der Waals surface area (Å²) in [5.41, 5.74) is 8.88. The molecule has 18 heavy (non-hydrogen) atoms. The fraction of sp³-hybridized carbons (Fsp3) is 0.600. The molecule has 0 bridgehead atoms. The van der Waals surface area contributed by atoms with Crippen LogP contribution in [0.3, 0.4) is 0 Å². The summed E-state index contributed by atoms with van der Waals surface area (Å²) in [5, 5.41) is 0. The Morgan fingerprint density at radius 3 is 2.94 bits per heavy atom. The fourth-order valence-corrected chi connectivity index (χ4v) is 3.08. The zero-order chi connectivity index (χ0) is 13.1. The first-order chi connectivity index (χ1) is 8.63. The van der Waals surface area contributed by atoms with Gasteiger partial charge >= 0.3 is 0 Å². The first kappa shape index (κ1) is 13.9. The van der Waals surface area contributed by atoms with Crippen LogP contribution in [-0.4, -0.2) is 6.61 Å². The van der Waals surface area contributed by atoms with Crippen molar-refractivity contribution in [1.82, 2.24) is 0 Å². The monoisotopic (exact) mass is 311 g/mol. The Morgan fingerprint density at radius 1 is 1.44 bits per heavy atom. The lowest BCUT2D eigenvalue weighted by atomic mass is 9.89. The standard InChI is InChI=1S/C15H22BrNO/c1-3-4-5-10(2)14(17)13-9-12(16)8-11-6-7-18-15(11)13/h8-10,14H,3-7,17H2,1-2H3. The minimum atomic E-state index is 0.0703. The van der Waals surface area contributed by atoms with Crippen molar-refractivity contribution in [1.29, 1.82) is 0 Å². The highest BCUT2D eigenvalue weighted by atomic mass is 79.9. The minimum absolute atomic E-state index is 0.0703. The third-order valence-corrected chi connectivity index (χ3v) is 4.22. The van der Waals surface area contributed by atoms with Gasteiger partial charge in [-0.1, -0.05) is 42.6 Å². The number of nitrogens with two attached hydrogens (primary N) is 1. The maximum atomic E-state index is 6.42. The molecule has 0 aromatic heterocycles. The maximum Gasteiger partial charge on any atom is 0.127 e. The van der Waals surface area contributed by atoms with Crippen molar-refractivity contribution >= 4 is 15.9 Å². The lowest BCUT2D eigenvalue weighted by Crippen LogP contribution is -2.20. The average molecular weight is 312 g/mol. The van der Waals surface area contributed by atoms with Gasteiger partial charge in [0, 0.05) is 22.5 Å². The zero-order valence-corrected chi connectivity index (χ0v) is 12.8. The number of unbranched alkanes of at least 4 members (excludes halogenated alkanes) is 1. The lowest BCUT2D eigenvalue weighted by Gasteiger charge is -2.22. The first-order valence-corrected chi connectivity index (χ1v) is 7.63. The van der Waals surface area contributed by atoms with E-state index in [1.807, 2.05) is 0 Å². The third kappa shape index (κ3) is 2.89. The fourth-order valence-electron chi connectivity index (χ4n) is 2.56. The maximum absolute atomic E-state index is 6.42. The summed E-state index contributed by atoms with van der Waals surface area (Å²) in [5.74, 6) is 1.53. The quantitative estimate of drug-likeness (QED) is 0.884. The molecule has 1 aromatic carbocycles. The first-order valence-electron chi connectivity index (χ1n) is 6.84. The van der Waals surface area contributed by atoms with Crippen LogP contribution in [0.2, 0.25) is 0 Å². The Kier molecular flexibility index (Phi) is 4.68. The van der Waals surface area contributed by atoms with Gasteiger partial charge in [-0.3, -0.25) is 0 Å². The molecule has 100 valence electrons. The molecule has 0 radical (unpaired) electrons. The lowest BCUT2D eigenvalue weighted by molar-refractivity contribution is 0.342. The Hall–Kier alpha value is -0.540. The van der Waals surface area contributed by atoms with Crippen LogP contribution in [0.5, 0.6) is 5.75 Å². The van der Waals surface area contributed by atoms with Gasteiger partial charge in [-0.25, -0.2) is 0 Å². The minimum Gasteiger partial charge on any atom is -0.493 e. The predicted octanol–water partition coefficient (Wildman–Crippen LogP) is 4.21. The topological polar surface area (TPSA) is 35.2 Å². The van der Waals surface area contributed by atoms with E-state index in [4.69, 9.17) is 10.5 Å². The zero-order valence-electron chi connectivity index (χ0n) is 11.2. The molecule has 1 aliphatic rings. The Balaban J connectivity index is 2.22. The average Bonchev–Trinajstić information content (AvgIpc) is 2.81. The molecule has 0 spiro atoms. The van der Waals surface area contributed by atoms with Gasteiger partial charge < -0.3 is 10.5 Å². The van der Waals surface area contributed by atoms with E-state index in [1.165, 1.54) is 30.4 Å². The largest absolute Gasteiger partial charge is 0.493 e. The van der Waals surface area contributed by atoms with E-state index in [0.717, 1.165) is 23.2 Å². The summed E-state index contributed by atoms with van der Waals surface area (Å²) in [4.78, 5) is 0. The van der Waals surface area contributed by atoms with E-state index in [-0.39, 0.29) is 6.04 Å². The molecule has 2 atom stereocenters. The number of halogens is 1. The van der Waals surface area contributed by atoms with E-state index in [9.17, 15) is 0 Å². The highest BCUT2D eigenvalue weighted by Gasteiger charge is 2.24. The molecular weight excluding hydrogens is 290 g/mol. The van der Waals surface area contributed by atoms with Crippen LogP contribution in [-0.2, 0) is 6.42 Å². The Morgan fingerprint density at radius 2 is 2.22 bits per heavy atom. The van der Waals surface area contributed by atoms with Gasteiger partial charge in [0.25, 0.3) is 0 Å². The van der Waals surface area contributed by atoms with Crippen LogP contribution >= 0.6 is 15.9 Å². The predicted molar refractivity (Wildman–Crippen MR) is 79.0 cm³/mol. The van der Waals surface area contributed by atoms with Gasteiger partial charge in [-0.05, 0) is 30.0 Å². The summed E-state index contributed by atoms with van der Waals surface area (Å²) < 4.78 is 6.87. The number of fused-ring (bicyclic) bond motifs is 1. The normalized spacial score (nSPS) is 17.1. The summed E-state index contributed by atoms with van der Waals surface area (Å²) in [6, 6.07) is 4.34. The second-order valence-corrected chi connectivity index (χ2v) is 6.14. The van der Waals surface area contributed by atoms with E-state index >= 15 is 0 Å². The highest BCUT2D eigenvalue weighted by Crippen LogP contribution is 2.38. The number of rotatable bonds is 5. The van der Waals surface area contributed by atoms with Crippen LogP contribution in [0.25, 0.3) is 0 Å². The molecule has 2 N–H and O–H groups in total. The molecule has 2 unspecified atom stereocenters. The van der Waals surface area contributed by atoms with Crippen LogP contribution < -0.4 is 10.5 Å². The Labute approximate surface area is 118 Å². The van der Waals surface area contributed by atoms with E-state index in [1.54, 1.807) is 0 Å². The van der Waals surface area contributed by atoms with Crippen molar-refractivity contribution in [2.75, 3.05) is 6.61 Å². The molecule has 0 saturated carbocycles. The molecule has 2 nitrogen and oxygen atoms in total. The molecule has 1 aliphatic heterocycles. The van der Waals surface area contributed by atoms with Crippen molar-refractivity contribution in [2.45, 2.75) is 45.6 Å². The smallest absolute Gasteiger partial charge is 0.127 e. The third-order valence-electron chi connectivity index (χ3n) is 3.76. The number of hydrogen-bond acceptors (Lipinski definition) is 2. The van der Waals surface area contributed by atoms with E-state index < -0.39 is 0 Å². The number of benzene rings is 1. The summed E-state index contributed by atoms with van der Waals surface area (Å²) in [6.45, 7) is 5.25. The van der Waals surface area contributed by atoms with Crippen molar-refractivity contribution in [2.24, 2.45) is 11.7 Å². The van der Waals surface area contributed by atoms with Crippen LogP contribution in [0.4, 0.5) is 0 Å². The molecule has 0 amide bonds. The van der Waals surface area contributed by atoms with Gasteiger partial charge in [-0.2, -0.15) is 0 Å². The van der Waals surface area contributed by atoms with Gasteiger partial charge in [0.1, 0.15) is 5.75 Å². The second-order valence-electron chi connectivity index (χ2n) is 5.23. The SMILES string of the molecule is CCCCC(C)C(N)c1cc(Br)cc2c1OCC2.